The predicted molar refractivity (Wildman–Crippen MR) is 90.4 cm³/mol. The number of nitrogens with zero attached hydrogens (tertiary/aromatic N) is 4. The molecule has 0 radical (unpaired) electrons. The first-order chi connectivity index (χ1) is 11.0. The molecule has 0 bridgehead atoms. The topological polar surface area (TPSA) is 61.8 Å². The van der Waals surface area contributed by atoms with E-state index in [-0.39, 0.29) is 17.3 Å². The molecule has 23 heavy (non-hydrogen) atoms. The predicted octanol–water partition coefficient (Wildman–Crippen LogP) is 2.26. The summed E-state index contributed by atoms with van der Waals surface area (Å²) in [5, 5.41) is 0. The van der Waals surface area contributed by atoms with E-state index in [9.17, 15) is 9.59 Å². The Kier molecular flexibility index (Phi) is 3.67. The molecule has 2 heterocycles. The Morgan fingerprint density at radius 3 is 2.35 bits per heavy atom. The average molecular weight is 312 g/mol. The van der Waals surface area contributed by atoms with Gasteiger partial charge in [-0.15, -0.1) is 0 Å². The van der Waals surface area contributed by atoms with Gasteiger partial charge in [0.15, 0.2) is 11.2 Å². The Labute approximate surface area is 133 Å². The molecule has 0 N–H and O–H groups in total. The zero-order valence-corrected chi connectivity index (χ0v) is 13.8. The minimum atomic E-state index is -0.358. The van der Waals surface area contributed by atoms with Gasteiger partial charge in [0.2, 0.25) is 0 Å². The van der Waals surface area contributed by atoms with E-state index in [4.69, 9.17) is 0 Å². The van der Waals surface area contributed by atoms with Crippen molar-refractivity contribution in [3.8, 4) is 5.69 Å². The quantitative estimate of drug-likeness (QED) is 0.745. The highest BCUT2D eigenvalue weighted by atomic mass is 16.2. The second-order valence-electron chi connectivity index (χ2n) is 5.92. The first kappa shape index (κ1) is 15.3. The first-order valence-corrected chi connectivity index (χ1v) is 7.75. The molecule has 0 aliphatic heterocycles. The second kappa shape index (κ2) is 5.53. The Balaban J connectivity index is 2.49. The minimum Gasteiger partial charge on any atom is -0.322 e. The van der Waals surface area contributed by atoms with Gasteiger partial charge < -0.3 is 4.57 Å². The van der Waals surface area contributed by atoms with Crippen LogP contribution in [0.4, 0.5) is 0 Å². The summed E-state index contributed by atoms with van der Waals surface area (Å²) in [5.74, 6) is 0. The van der Waals surface area contributed by atoms with E-state index in [2.05, 4.69) is 4.98 Å². The third kappa shape index (κ3) is 2.30. The summed E-state index contributed by atoms with van der Waals surface area (Å²) >= 11 is 0. The molecule has 0 saturated heterocycles. The summed E-state index contributed by atoms with van der Waals surface area (Å²) in [7, 11) is 0. The Morgan fingerprint density at radius 2 is 1.78 bits per heavy atom. The van der Waals surface area contributed by atoms with Crippen LogP contribution in [0.3, 0.4) is 0 Å². The molecule has 2 aromatic heterocycles. The van der Waals surface area contributed by atoms with Gasteiger partial charge in [-0.05, 0) is 39.8 Å². The monoisotopic (exact) mass is 312 g/mol. The van der Waals surface area contributed by atoms with E-state index in [1.54, 1.807) is 13.3 Å². The van der Waals surface area contributed by atoms with Gasteiger partial charge in [0.05, 0.1) is 12.0 Å². The molecule has 0 fully saturated rings. The summed E-state index contributed by atoms with van der Waals surface area (Å²) in [6.07, 6.45) is 1.63. The van der Waals surface area contributed by atoms with Crippen molar-refractivity contribution < 1.29 is 0 Å². The number of aromatic nitrogens is 4. The number of imidazole rings is 1. The van der Waals surface area contributed by atoms with Crippen molar-refractivity contribution in [2.45, 2.75) is 40.3 Å². The Hall–Kier alpha value is -2.63. The number of hydrogen-bond acceptors (Lipinski definition) is 3. The van der Waals surface area contributed by atoms with Crippen LogP contribution in [-0.2, 0) is 6.54 Å². The first-order valence-electron chi connectivity index (χ1n) is 7.75. The van der Waals surface area contributed by atoms with E-state index < -0.39 is 0 Å². The smallest absolute Gasteiger partial charge is 0.322 e. The molecule has 0 aliphatic rings. The van der Waals surface area contributed by atoms with Gasteiger partial charge >= 0.3 is 5.69 Å². The highest BCUT2D eigenvalue weighted by Gasteiger charge is 2.19. The molecule has 0 saturated carbocycles. The van der Waals surface area contributed by atoms with Gasteiger partial charge in [-0.25, -0.2) is 14.3 Å². The van der Waals surface area contributed by atoms with Crippen molar-refractivity contribution in [2.24, 2.45) is 0 Å². The average Bonchev–Trinajstić information content (AvgIpc) is 2.95. The summed E-state index contributed by atoms with van der Waals surface area (Å²) in [6.45, 7) is 8.08. The lowest BCUT2D eigenvalue weighted by Crippen LogP contribution is -2.39. The highest BCUT2D eigenvalue weighted by molar-refractivity contribution is 5.72. The maximum absolute atomic E-state index is 12.8. The van der Waals surface area contributed by atoms with Crippen molar-refractivity contribution in [2.75, 3.05) is 0 Å². The van der Waals surface area contributed by atoms with Crippen LogP contribution >= 0.6 is 0 Å². The maximum Gasteiger partial charge on any atom is 0.337 e. The van der Waals surface area contributed by atoms with Crippen LogP contribution in [0.2, 0.25) is 0 Å². The number of fused-ring (bicyclic) bond motifs is 1. The zero-order valence-electron chi connectivity index (χ0n) is 13.8. The third-order valence-electron chi connectivity index (χ3n) is 4.02. The SMILES string of the molecule is CCn1c(=O)c2c(ncn2C(C)C)n(-c2ccc(C)cc2)c1=O. The summed E-state index contributed by atoms with van der Waals surface area (Å²) in [4.78, 5) is 29.8. The van der Waals surface area contributed by atoms with E-state index in [1.165, 1.54) is 9.13 Å². The highest BCUT2D eigenvalue weighted by Crippen LogP contribution is 2.16. The number of hydrogen-bond donors (Lipinski definition) is 0. The summed E-state index contributed by atoms with van der Waals surface area (Å²) in [6, 6.07) is 7.70. The van der Waals surface area contributed by atoms with E-state index >= 15 is 0 Å². The molecule has 1 aromatic carbocycles. The Bertz CT molecular complexity index is 975. The molecule has 6 nitrogen and oxygen atoms in total. The van der Waals surface area contributed by atoms with Crippen molar-refractivity contribution >= 4 is 11.2 Å². The molecule has 6 heteroatoms. The van der Waals surface area contributed by atoms with Crippen LogP contribution in [-0.4, -0.2) is 18.7 Å². The molecule has 3 rings (SSSR count). The van der Waals surface area contributed by atoms with Crippen molar-refractivity contribution in [3.05, 3.63) is 57.0 Å². The zero-order chi connectivity index (χ0) is 16.7. The molecule has 0 unspecified atom stereocenters. The molecule has 0 atom stereocenters. The Morgan fingerprint density at radius 1 is 1.13 bits per heavy atom. The van der Waals surface area contributed by atoms with Crippen LogP contribution in [0.1, 0.15) is 32.4 Å². The van der Waals surface area contributed by atoms with Gasteiger partial charge in [-0.3, -0.25) is 9.36 Å². The molecule has 3 aromatic rings. The largest absolute Gasteiger partial charge is 0.337 e. The standard InChI is InChI=1S/C17H20N4O2/c1-5-19-16(22)14-15(18-10-20(14)11(2)3)21(17(19)23)13-8-6-12(4)7-9-13/h6-11H,5H2,1-4H3. The summed E-state index contributed by atoms with van der Waals surface area (Å²) < 4.78 is 4.58. The number of aryl methyl sites for hydroxylation is 1. The van der Waals surface area contributed by atoms with Crippen LogP contribution in [0.5, 0.6) is 0 Å². The van der Waals surface area contributed by atoms with Gasteiger partial charge in [0.25, 0.3) is 5.56 Å². The maximum atomic E-state index is 12.8. The van der Waals surface area contributed by atoms with Gasteiger partial charge in [0.1, 0.15) is 0 Å². The fraction of sp³-hybridized carbons (Fsp3) is 0.353. The van der Waals surface area contributed by atoms with Crippen LogP contribution < -0.4 is 11.2 Å². The summed E-state index contributed by atoms with van der Waals surface area (Å²) in [5.41, 5.74) is 2.03. The fourth-order valence-corrected chi connectivity index (χ4v) is 2.74. The number of benzene rings is 1. The molecule has 0 amide bonds. The molecule has 120 valence electrons. The minimum absolute atomic E-state index is 0.0852. The lowest BCUT2D eigenvalue weighted by atomic mass is 10.2. The van der Waals surface area contributed by atoms with Gasteiger partial charge in [-0.2, -0.15) is 0 Å². The van der Waals surface area contributed by atoms with Crippen LogP contribution in [0.15, 0.2) is 40.2 Å². The fourth-order valence-electron chi connectivity index (χ4n) is 2.74. The second-order valence-corrected chi connectivity index (χ2v) is 5.92. The molecular formula is C17H20N4O2. The van der Waals surface area contributed by atoms with Crippen molar-refractivity contribution in [1.82, 2.24) is 18.7 Å². The molecule has 0 aliphatic carbocycles. The van der Waals surface area contributed by atoms with E-state index in [0.717, 1.165) is 5.56 Å². The van der Waals surface area contributed by atoms with Crippen LogP contribution in [0.25, 0.3) is 16.9 Å². The van der Waals surface area contributed by atoms with E-state index in [1.807, 2.05) is 49.6 Å². The van der Waals surface area contributed by atoms with Gasteiger partial charge in [0, 0.05) is 12.6 Å². The molecule has 0 spiro atoms. The normalized spacial score (nSPS) is 11.5. The van der Waals surface area contributed by atoms with Crippen LogP contribution in [0, 0.1) is 6.92 Å². The molecular weight excluding hydrogens is 292 g/mol. The van der Waals surface area contributed by atoms with Crippen molar-refractivity contribution in [1.29, 1.82) is 0 Å². The lowest BCUT2D eigenvalue weighted by molar-refractivity contribution is 0.604. The lowest BCUT2D eigenvalue weighted by Gasteiger charge is -2.13. The van der Waals surface area contributed by atoms with E-state index in [0.29, 0.717) is 23.4 Å². The third-order valence-corrected chi connectivity index (χ3v) is 4.02. The van der Waals surface area contributed by atoms with Crippen molar-refractivity contribution in [3.63, 3.8) is 0 Å². The number of rotatable bonds is 3. The van der Waals surface area contributed by atoms with Gasteiger partial charge in [-0.1, -0.05) is 17.7 Å².